The summed E-state index contributed by atoms with van der Waals surface area (Å²) in [5, 5.41) is -0.0711. The van der Waals surface area contributed by atoms with Gasteiger partial charge >= 0.3 is 6.18 Å². The molecule has 3 aromatic rings. The monoisotopic (exact) mass is 508 g/mol. The number of ether oxygens (including phenoxy) is 1. The molecule has 0 amide bonds. The summed E-state index contributed by atoms with van der Waals surface area (Å²) >= 11 is 0. The molecule has 1 aromatic heterocycles. The topological polar surface area (TPSA) is 76.5 Å². The highest BCUT2D eigenvalue weighted by Crippen LogP contribution is 2.40. The molecule has 1 aliphatic heterocycles. The normalized spacial score (nSPS) is 16.1. The molecule has 0 bridgehead atoms. The second-order valence-electron chi connectivity index (χ2n) is 8.85. The number of aromatic nitrogens is 2. The van der Waals surface area contributed by atoms with Crippen molar-refractivity contribution in [2.24, 2.45) is 7.05 Å². The molecule has 0 spiro atoms. The quantitative estimate of drug-likeness (QED) is 0.426. The number of aryl methyl sites for hydroxylation is 1. The van der Waals surface area contributed by atoms with Crippen molar-refractivity contribution in [1.82, 2.24) is 19.2 Å². The average molecular weight is 509 g/mol. The number of alkyl halides is 3. The van der Waals surface area contributed by atoms with Crippen LogP contribution in [0.25, 0.3) is 0 Å². The Morgan fingerprint density at radius 3 is 2.51 bits per heavy atom. The second kappa shape index (κ2) is 10.00. The third kappa shape index (κ3) is 6.41. The molecule has 0 aliphatic carbocycles. The van der Waals surface area contributed by atoms with Gasteiger partial charge < -0.3 is 9.30 Å². The summed E-state index contributed by atoms with van der Waals surface area (Å²) in [7, 11) is -2.06. The number of nitrogens with one attached hydrogen (secondary N) is 1. The van der Waals surface area contributed by atoms with Crippen LogP contribution >= 0.6 is 0 Å². The van der Waals surface area contributed by atoms with Crippen molar-refractivity contribution in [2.45, 2.75) is 23.0 Å². The first-order valence-electron chi connectivity index (χ1n) is 11.1. The van der Waals surface area contributed by atoms with E-state index in [0.717, 1.165) is 11.1 Å². The molecule has 2 heterocycles. The Morgan fingerprint density at radius 2 is 1.86 bits per heavy atom. The predicted octanol–water partition coefficient (Wildman–Crippen LogP) is 3.14. The molecular formula is C24H27F3N4O3S. The van der Waals surface area contributed by atoms with E-state index in [1.165, 1.54) is 22.0 Å². The Balaban J connectivity index is 1.42. The van der Waals surface area contributed by atoms with E-state index in [1.54, 1.807) is 13.1 Å². The number of benzene rings is 2. The van der Waals surface area contributed by atoms with Gasteiger partial charge in [0.15, 0.2) is 5.03 Å². The minimum atomic E-state index is -4.24. The molecule has 188 valence electrons. The SMILES string of the molecule is Cn1cnc(S(=O)(=O)NCCOc2cccc(C3(Cc4ccccc4)CN(CC(F)(F)F)C3)c2)c1. The number of hydrogen-bond acceptors (Lipinski definition) is 5. The van der Waals surface area contributed by atoms with Crippen LogP contribution in [0.2, 0.25) is 0 Å². The van der Waals surface area contributed by atoms with Crippen molar-refractivity contribution in [2.75, 3.05) is 32.8 Å². The largest absolute Gasteiger partial charge is 0.492 e. The molecule has 0 radical (unpaired) electrons. The highest BCUT2D eigenvalue weighted by molar-refractivity contribution is 7.89. The third-order valence-electron chi connectivity index (χ3n) is 5.91. The van der Waals surface area contributed by atoms with E-state index in [9.17, 15) is 21.6 Å². The van der Waals surface area contributed by atoms with Gasteiger partial charge in [-0.3, -0.25) is 4.90 Å². The van der Waals surface area contributed by atoms with E-state index in [0.29, 0.717) is 12.2 Å². The molecule has 2 aromatic carbocycles. The number of hydrogen-bond donors (Lipinski definition) is 1. The molecule has 1 fully saturated rings. The van der Waals surface area contributed by atoms with Crippen LogP contribution in [0.4, 0.5) is 13.2 Å². The van der Waals surface area contributed by atoms with Gasteiger partial charge in [-0.2, -0.15) is 13.2 Å². The fourth-order valence-electron chi connectivity index (χ4n) is 4.42. The lowest BCUT2D eigenvalue weighted by molar-refractivity contribution is -0.161. The smallest absolute Gasteiger partial charge is 0.401 e. The maximum atomic E-state index is 12.9. The van der Waals surface area contributed by atoms with Gasteiger partial charge in [-0.1, -0.05) is 42.5 Å². The fourth-order valence-corrected chi connectivity index (χ4v) is 5.41. The minimum absolute atomic E-state index is 0.0393. The number of rotatable bonds is 10. The van der Waals surface area contributed by atoms with E-state index in [1.807, 2.05) is 48.5 Å². The summed E-state index contributed by atoms with van der Waals surface area (Å²) in [5.74, 6) is 0.529. The first-order chi connectivity index (χ1) is 16.5. The van der Waals surface area contributed by atoms with E-state index in [-0.39, 0.29) is 31.3 Å². The number of likely N-dealkylation sites (tertiary alicyclic amines) is 1. The summed E-state index contributed by atoms with van der Waals surface area (Å²) in [6.07, 6.45) is -0.834. The Morgan fingerprint density at radius 1 is 1.11 bits per heavy atom. The summed E-state index contributed by atoms with van der Waals surface area (Å²) in [6, 6.07) is 17.0. The van der Waals surface area contributed by atoms with E-state index in [2.05, 4.69) is 9.71 Å². The van der Waals surface area contributed by atoms with Gasteiger partial charge in [0.1, 0.15) is 12.4 Å². The highest BCUT2D eigenvalue weighted by atomic mass is 32.2. The van der Waals surface area contributed by atoms with Crippen molar-refractivity contribution >= 4 is 10.0 Å². The van der Waals surface area contributed by atoms with Gasteiger partial charge in [0.2, 0.25) is 0 Å². The molecule has 1 aliphatic rings. The van der Waals surface area contributed by atoms with E-state index >= 15 is 0 Å². The van der Waals surface area contributed by atoms with Crippen molar-refractivity contribution < 1.29 is 26.3 Å². The van der Waals surface area contributed by atoms with Gasteiger partial charge in [0.25, 0.3) is 10.0 Å². The molecule has 11 heteroatoms. The Hall–Kier alpha value is -2.89. The molecule has 1 saturated heterocycles. The van der Waals surface area contributed by atoms with Gasteiger partial charge in [0, 0.05) is 38.3 Å². The molecule has 1 N–H and O–H groups in total. The molecule has 35 heavy (non-hydrogen) atoms. The van der Waals surface area contributed by atoms with Crippen LogP contribution in [0.1, 0.15) is 11.1 Å². The van der Waals surface area contributed by atoms with Crippen LogP contribution in [0, 0.1) is 0 Å². The van der Waals surface area contributed by atoms with E-state index in [4.69, 9.17) is 4.74 Å². The summed E-state index contributed by atoms with van der Waals surface area (Å²) in [5.41, 5.74) is 1.48. The Kier molecular flexibility index (Phi) is 7.20. The molecule has 0 unspecified atom stereocenters. The van der Waals surface area contributed by atoms with Crippen molar-refractivity contribution in [3.63, 3.8) is 0 Å². The van der Waals surface area contributed by atoms with Crippen molar-refractivity contribution in [1.29, 1.82) is 0 Å². The van der Waals surface area contributed by atoms with Gasteiger partial charge in [-0.05, 0) is 29.7 Å². The van der Waals surface area contributed by atoms with Crippen LogP contribution in [0.5, 0.6) is 5.75 Å². The molecular weight excluding hydrogens is 481 g/mol. The van der Waals surface area contributed by atoms with Gasteiger partial charge in [-0.25, -0.2) is 18.1 Å². The standard InChI is InChI=1S/C24H27F3N4O3S/c1-30-14-22(28-18-30)35(32,33)29-10-11-34-21-9-5-8-20(12-21)23(13-19-6-3-2-4-7-19)15-31(16-23)17-24(25,26)27/h2-9,12,14,18,29H,10-11,13,15-17H2,1H3. The first kappa shape index (κ1) is 25.2. The van der Waals surface area contributed by atoms with Gasteiger partial charge in [0.05, 0.1) is 12.9 Å². The molecule has 0 saturated carbocycles. The molecule has 7 nitrogen and oxygen atoms in total. The third-order valence-corrected chi connectivity index (χ3v) is 7.25. The number of sulfonamides is 1. The maximum Gasteiger partial charge on any atom is 0.401 e. The van der Waals surface area contributed by atoms with Crippen LogP contribution in [0.15, 0.2) is 72.1 Å². The van der Waals surface area contributed by atoms with Crippen LogP contribution in [-0.4, -0.2) is 61.8 Å². The van der Waals surface area contributed by atoms with Crippen LogP contribution < -0.4 is 9.46 Å². The lowest BCUT2D eigenvalue weighted by atomic mass is 9.69. The number of halogens is 3. The first-order valence-corrected chi connectivity index (χ1v) is 12.6. The number of imidazole rings is 1. The number of nitrogens with zero attached hydrogens (tertiary/aromatic N) is 3. The Labute approximate surface area is 202 Å². The molecule has 0 atom stereocenters. The summed E-state index contributed by atoms with van der Waals surface area (Å²) in [4.78, 5) is 5.24. The van der Waals surface area contributed by atoms with E-state index < -0.39 is 28.2 Å². The lowest BCUT2D eigenvalue weighted by Gasteiger charge is -2.51. The average Bonchev–Trinajstić information content (AvgIpc) is 3.22. The molecule has 4 rings (SSSR count). The summed E-state index contributed by atoms with van der Waals surface area (Å²) in [6.45, 7) is -0.237. The predicted molar refractivity (Wildman–Crippen MR) is 125 cm³/mol. The summed E-state index contributed by atoms with van der Waals surface area (Å²) < 4.78 is 73.0. The fraction of sp³-hybridized carbons (Fsp3) is 0.375. The zero-order valence-corrected chi connectivity index (χ0v) is 20.0. The second-order valence-corrected chi connectivity index (χ2v) is 10.6. The zero-order chi connectivity index (χ0) is 25.1. The highest BCUT2D eigenvalue weighted by Gasteiger charge is 2.47. The van der Waals surface area contributed by atoms with Crippen molar-refractivity contribution in [3.8, 4) is 5.75 Å². The Bertz CT molecular complexity index is 1240. The van der Waals surface area contributed by atoms with Gasteiger partial charge in [-0.15, -0.1) is 0 Å². The van der Waals surface area contributed by atoms with Crippen LogP contribution in [0.3, 0.4) is 0 Å². The minimum Gasteiger partial charge on any atom is -0.492 e. The zero-order valence-electron chi connectivity index (χ0n) is 19.2. The lowest BCUT2D eigenvalue weighted by Crippen LogP contribution is -2.62. The maximum absolute atomic E-state index is 12.9. The van der Waals surface area contributed by atoms with Crippen molar-refractivity contribution in [3.05, 3.63) is 78.2 Å². The van der Waals surface area contributed by atoms with Crippen LogP contribution in [-0.2, 0) is 28.9 Å².